The Labute approximate surface area is 102 Å². The highest BCUT2D eigenvalue weighted by molar-refractivity contribution is 5.41. The van der Waals surface area contributed by atoms with E-state index in [1.54, 1.807) is 0 Å². The van der Waals surface area contributed by atoms with Crippen LogP contribution in [0.15, 0.2) is 29.4 Å². The van der Waals surface area contributed by atoms with E-state index in [2.05, 4.69) is 28.8 Å². The van der Waals surface area contributed by atoms with Crippen molar-refractivity contribution in [2.75, 3.05) is 0 Å². The van der Waals surface area contributed by atoms with E-state index >= 15 is 0 Å². The highest BCUT2D eigenvalue weighted by atomic mass is 15.1. The average Bonchev–Trinajstić information content (AvgIpc) is 2.37. The Balaban J connectivity index is 2.65. The number of unbranched alkanes of at least 4 members (excludes halogenated alkanes) is 3. The predicted octanol–water partition coefficient (Wildman–Crippen LogP) is 4.43. The first-order valence-electron chi connectivity index (χ1n) is 5.96. The van der Waals surface area contributed by atoms with Gasteiger partial charge >= 0.3 is 0 Å². The molecule has 0 amide bonds. The number of azide groups is 1. The molecule has 0 N–H and O–H groups in total. The zero-order valence-corrected chi connectivity index (χ0v) is 10.2. The number of benzene rings is 1. The molecule has 0 saturated heterocycles. The molecule has 1 aromatic rings. The summed E-state index contributed by atoms with van der Waals surface area (Å²) in [5, 5.41) is 3.57. The lowest BCUT2D eigenvalue weighted by atomic mass is 10.1. The Morgan fingerprint density at radius 1 is 1.29 bits per heavy atom. The smallest absolute Gasteiger partial charge is 0.0523 e. The summed E-state index contributed by atoms with van der Waals surface area (Å²) < 4.78 is 0. The first-order valence-corrected chi connectivity index (χ1v) is 5.96. The minimum absolute atomic E-state index is 0.371. The number of rotatable bonds is 5. The van der Waals surface area contributed by atoms with Gasteiger partial charge in [-0.1, -0.05) is 54.9 Å². The van der Waals surface area contributed by atoms with Gasteiger partial charge in [-0.25, -0.2) is 0 Å². The van der Waals surface area contributed by atoms with Gasteiger partial charge < -0.3 is 0 Å². The fourth-order valence-corrected chi connectivity index (χ4v) is 1.51. The van der Waals surface area contributed by atoms with Crippen LogP contribution in [0, 0.1) is 11.8 Å². The summed E-state index contributed by atoms with van der Waals surface area (Å²) in [6.07, 6.45) is 4.54. The second-order valence-electron chi connectivity index (χ2n) is 3.81. The van der Waals surface area contributed by atoms with Crippen molar-refractivity contribution in [1.29, 1.82) is 0 Å². The lowest BCUT2D eigenvalue weighted by Gasteiger charge is -1.99. The first-order chi connectivity index (χ1) is 8.38. The van der Waals surface area contributed by atoms with Gasteiger partial charge in [-0.15, -0.1) is 0 Å². The summed E-state index contributed by atoms with van der Waals surface area (Å²) in [6.45, 7) is 2.55. The molecule has 1 aromatic carbocycles. The molecule has 0 spiro atoms. The summed E-state index contributed by atoms with van der Waals surface area (Å²) in [4.78, 5) is 2.77. The van der Waals surface area contributed by atoms with Gasteiger partial charge in [0, 0.05) is 16.9 Å². The minimum Gasteiger partial charge on any atom is -0.0979 e. The molecule has 3 heteroatoms. The SMILES string of the molecule is CCCCCC#Cc1ccccc1CN=[N+]=[N-]. The highest BCUT2D eigenvalue weighted by Gasteiger charge is 1.96. The molecule has 0 atom stereocenters. The summed E-state index contributed by atoms with van der Waals surface area (Å²) in [5.41, 5.74) is 10.3. The van der Waals surface area contributed by atoms with Crippen molar-refractivity contribution in [3.8, 4) is 11.8 Å². The van der Waals surface area contributed by atoms with Gasteiger partial charge in [0.15, 0.2) is 0 Å². The Kier molecular flexibility index (Phi) is 6.40. The van der Waals surface area contributed by atoms with Crippen LogP contribution in [0.1, 0.15) is 43.7 Å². The van der Waals surface area contributed by atoms with Gasteiger partial charge in [-0.05, 0) is 23.6 Å². The third-order valence-electron chi connectivity index (χ3n) is 2.45. The Morgan fingerprint density at radius 3 is 2.88 bits per heavy atom. The van der Waals surface area contributed by atoms with Crippen LogP contribution in [0.2, 0.25) is 0 Å². The average molecular weight is 227 g/mol. The summed E-state index contributed by atoms with van der Waals surface area (Å²) >= 11 is 0. The molecule has 0 aliphatic heterocycles. The topological polar surface area (TPSA) is 48.8 Å². The summed E-state index contributed by atoms with van der Waals surface area (Å²) in [6, 6.07) is 7.81. The highest BCUT2D eigenvalue weighted by Crippen LogP contribution is 2.09. The van der Waals surface area contributed by atoms with Crippen molar-refractivity contribution in [3.05, 3.63) is 45.8 Å². The summed E-state index contributed by atoms with van der Waals surface area (Å²) in [7, 11) is 0. The van der Waals surface area contributed by atoms with Crippen molar-refractivity contribution in [2.45, 2.75) is 39.2 Å². The molecular weight excluding hydrogens is 210 g/mol. The lowest BCUT2D eigenvalue weighted by Crippen LogP contribution is -1.86. The van der Waals surface area contributed by atoms with Gasteiger partial charge in [-0.2, -0.15) is 0 Å². The third-order valence-corrected chi connectivity index (χ3v) is 2.45. The summed E-state index contributed by atoms with van der Waals surface area (Å²) in [5.74, 6) is 6.32. The molecule has 88 valence electrons. The Hall–Kier alpha value is -1.91. The van der Waals surface area contributed by atoms with Gasteiger partial charge in [0.1, 0.15) is 0 Å². The first kappa shape index (κ1) is 13.2. The normalized spacial score (nSPS) is 9.00. The van der Waals surface area contributed by atoms with Crippen LogP contribution >= 0.6 is 0 Å². The maximum absolute atomic E-state index is 8.31. The van der Waals surface area contributed by atoms with Gasteiger partial charge in [0.25, 0.3) is 0 Å². The zero-order chi connectivity index (χ0) is 12.3. The Morgan fingerprint density at radius 2 is 2.12 bits per heavy atom. The van der Waals surface area contributed by atoms with Crippen molar-refractivity contribution in [1.82, 2.24) is 0 Å². The van der Waals surface area contributed by atoms with Crippen molar-refractivity contribution < 1.29 is 0 Å². The van der Waals surface area contributed by atoms with Crippen LogP contribution in [0.3, 0.4) is 0 Å². The van der Waals surface area contributed by atoms with Crippen LogP contribution in [0.4, 0.5) is 0 Å². The minimum atomic E-state index is 0.371. The third kappa shape index (κ3) is 5.10. The molecule has 0 unspecified atom stereocenters. The van der Waals surface area contributed by atoms with E-state index in [4.69, 9.17) is 5.53 Å². The van der Waals surface area contributed by atoms with Crippen molar-refractivity contribution in [3.63, 3.8) is 0 Å². The van der Waals surface area contributed by atoms with Crippen molar-refractivity contribution in [2.24, 2.45) is 5.11 Å². The molecule has 0 bridgehead atoms. The fourth-order valence-electron chi connectivity index (χ4n) is 1.51. The van der Waals surface area contributed by atoms with Crippen LogP contribution < -0.4 is 0 Å². The largest absolute Gasteiger partial charge is 0.0979 e. The van der Waals surface area contributed by atoms with Gasteiger partial charge in [-0.3, -0.25) is 0 Å². The molecular formula is C14H17N3. The monoisotopic (exact) mass is 227 g/mol. The van der Waals surface area contributed by atoms with Crippen LogP contribution in [0.25, 0.3) is 10.4 Å². The second-order valence-corrected chi connectivity index (χ2v) is 3.81. The maximum Gasteiger partial charge on any atom is 0.0523 e. The second kappa shape index (κ2) is 8.27. The van der Waals surface area contributed by atoms with Gasteiger partial charge in [0.2, 0.25) is 0 Å². The van der Waals surface area contributed by atoms with E-state index in [0.717, 1.165) is 24.0 Å². The molecule has 0 aliphatic carbocycles. The van der Waals surface area contributed by atoms with E-state index in [1.807, 2.05) is 24.3 Å². The van der Waals surface area contributed by atoms with Crippen LogP contribution in [-0.4, -0.2) is 0 Å². The molecule has 17 heavy (non-hydrogen) atoms. The van der Waals surface area contributed by atoms with E-state index in [0.29, 0.717) is 6.54 Å². The van der Waals surface area contributed by atoms with Crippen LogP contribution in [-0.2, 0) is 6.54 Å². The maximum atomic E-state index is 8.31. The fraction of sp³-hybridized carbons (Fsp3) is 0.429. The van der Waals surface area contributed by atoms with Crippen LogP contribution in [0.5, 0.6) is 0 Å². The van der Waals surface area contributed by atoms with E-state index in [1.165, 1.54) is 12.8 Å². The quantitative estimate of drug-likeness (QED) is 0.235. The van der Waals surface area contributed by atoms with E-state index in [-0.39, 0.29) is 0 Å². The standard InChI is InChI=1S/C14H17N3/c1-2-3-4-5-6-9-13-10-7-8-11-14(13)12-16-17-15/h7-8,10-11H,2-5,12H2,1H3. The molecule has 0 fully saturated rings. The van der Waals surface area contributed by atoms with E-state index < -0.39 is 0 Å². The van der Waals surface area contributed by atoms with Gasteiger partial charge in [0.05, 0.1) is 6.54 Å². The molecule has 0 aromatic heterocycles. The van der Waals surface area contributed by atoms with Crippen molar-refractivity contribution >= 4 is 0 Å². The number of nitrogens with zero attached hydrogens (tertiary/aromatic N) is 3. The number of hydrogen-bond donors (Lipinski definition) is 0. The molecule has 3 nitrogen and oxygen atoms in total. The molecule has 1 rings (SSSR count). The zero-order valence-electron chi connectivity index (χ0n) is 10.2. The predicted molar refractivity (Wildman–Crippen MR) is 70.3 cm³/mol. The Bertz CT molecular complexity index is 448. The number of hydrogen-bond acceptors (Lipinski definition) is 1. The lowest BCUT2D eigenvalue weighted by molar-refractivity contribution is 0.737. The molecule has 0 saturated carbocycles. The molecule has 0 radical (unpaired) electrons. The molecule has 0 aliphatic rings. The molecule has 0 heterocycles. The van der Waals surface area contributed by atoms with E-state index in [9.17, 15) is 0 Å².